The van der Waals surface area contributed by atoms with Gasteiger partial charge < -0.3 is 4.57 Å². The third kappa shape index (κ3) is 1.67. The second-order valence-electron chi connectivity index (χ2n) is 3.27. The van der Waals surface area contributed by atoms with E-state index in [0.717, 1.165) is 11.5 Å². The second kappa shape index (κ2) is 3.73. The van der Waals surface area contributed by atoms with Crippen molar-refractivity contribution in [2.24, 2.45) is 0 Å². The number of hydrogen-bond acceptors (Lipinski definition) is 1. The van der Waals surface area contributed by atoms with Gasteiger partial charge in [-0.25, -0.2) is 4.98 Å². The predicted octanol–water partition coefficient (Wildman–Crippen LogP) is 3.11. The van der Waals surface area contributed by atoms with Gasteiger partial charge in [0.1, 0.15) is 5.82 Å². The van der Waals surface area contributed by atoms with Gasteiger partial charge in [-0.2, -0.15) is 0 Å². The molecular formula is C12H9IN2. The van der Waals surface area contributed by atoms with Gasteiger partial charge in [-0.15, -0.1) is 0 Å². The average molecular weight is 308 g/mol. The first-order valence-corrected chi connectivity index (χ1v) is 7.19. The molecule has 1 aliphatic rings. The van der Waals surface area contributed by atoms with Crippen LogP contribution in [-0.4, -0.2) is 13.7 Å². The van der Waals surface area contributed by atoms with Crippen LogP contribution in [0, 0.1) is 0 Å². The lowest BCUT2D eigenvalue weighted by Crippen LogP contribution is -1.95. The quantitative estimate of drug-likeness (QED) is 0.740. The normalized spacial score (nSPS) is 13.3. The van der Waals surface area contributed by atoms with Gasteiger partial charge in [0.05, 0.1) is 5.69 Å². The van der Waals surface area contributed by atoms with Crippen LogP contribution in [0.2, 0.25) is 0 Å². The first-order chi connectivity index (χ1) is 7.43. The number of hydrogen-bond donors (Lipinski definition) is 0. The van der Waals surface area contributed by atoms with E-state index in [-0.39, 0.29) is 20.7 Å². The number of rotatable bonds is 1. The molecule has 3 rings (SSSR count). The van der Waals surface area contributed by atoms with E-state index in [4.69, 9.17) is 0 Å². The summed E-state index contributed by atoms with van der Waals surface area (Å²) >= 11 is 0.0864. The highest BCUT2D eigenvalue weighted by Crippen LogP contribution is 2.21. The molecule has 1 aromatic heterocycles. The van der Waals surface area contributed by atoms with Crippen LogP contribution >= 0.6 is 20.7 Å². The van der Waals surface area contributed by atoms with Crippen LogP contribution in [0.5, 0.6) is 0 Å². The number of halogens is 1. The lowest BCUT2D eigenvalue weighted by molar-refractivity contribution is 1.15. The third-order valence-electron chi connectivity index (χ3n) is 2.28. The van der Waals surface area contributed by atoms with Gasteiger partial charge in [0, 0.05) is 15.9 Å². The van der Waals surface area contributed by atoms with Crippen molar-refractivity contribution in [3.05, 3.63) is 46.4 Å². The summed E-state index contributed by atoms with van der Waals surface area (Å²) < 4.78 is 6.61. The Hall–Kier alpha value is -1.23. The molecule has 2 heterocycles. The van der Waals surface area contributed by atoms with Crippen molar-refractivity contribution in [2.45, 2.75) is 0 Å². The van der Waals surface area contributed by atoms with Gasteiger partial charge in [0.2, 0.25) is 0 Å². The summed E-state index contributed by atoms with van der Waals surface area (Å²) in [7, 11) is 0. The molecule has 0 saturated carbocycles. The Morgan fingerprint density at radius 2 is 2.00 bits per heavy atom. The summed E-state index contributed by atoms with van der Waals surface area (Å²) in [5, 5.41) is 0. The Morgan fingerprint density at radius 3 is 2.80 bits per heavy atom. The first-order valence-electron chi connectivity index (χ1n) is 4.70. The van der Waals surface area contributed by atoms with Crippen LogP contribution in [0.3, 0.4) is 0 Å². The van der Waals surface area contributed by atoms with Crippen LogP contribution in [0.15, 0.2) is 40.6 Å². The Labute approximate surface area is 98.0 Å². The highest BCUT2D eigenvalue weighted by molar-refractivity contribution is 14.2. The Morgan fingerprint density at radius 1 is 1.13 bits per heavy atom. The molecule has 3 heteroatoms. The Kier molecular flexibility index (Phi) is 2.25. The monoisotopic (exact) mass is 308 g/mol. The van der Waals surface area contributed by atoms with Crippen molar-refractivity contribution in [1.82, 2.24) is 9.55 Å². The van der Waals surface area contributed by atoms with E-state index in [1.807, 2.05) is 18.2 Å². The van der Waals surface area contributed by atoms with Crippen LogP contribution in [0.4, 0.5) is 0 Å². The molecule has 0 N–H and O–H groups in total. The van der Waals surface area contributed by atoms with Crippen molar-refractivity contribution in [2.75, 3.05) is 0 Å². The molecule has 0 unspecified atom stereocenters. The molecule has 74 valence electrons. The van der Waals surface area contributed by atoms with Crippen molar-refractivity contribution in [3.8, 4) is 11.3 Å². The van der Waals surface area contributed by atoms with E-state index in [0.29, 0.717) is 0 Å². The summed E-state index contributed by atoms with van der Waals surface area (Å²) in [4.78, 5) is 4.58. The number of aromatic nitrogens is 2. The SMILES string of the molecule is C1=Cc2nc(-c3ccccc3)cn2C=I1. The summed E-state index contributed by atoms with van der Waals surface area (Å²) in [6.07, 6.45) is 4.22. The van der Waals surface area contributed by atoms with E-state index in [1.165, 1.54) is 5.56 Å². The fourth-order valence-corrected chi connectivity index (χ4v) is 3.05. The number of imidazole rings is 1. The molecule has 0 saturated heterocycles. The Balaban J connectivity index is 2.12. The molecule has 0 spiro atoms. The zero-order valence-electron chi connectivity index (χ0n) is 7.97. The fraction of sp³-hybridized carbons (Fsp3) is 0. The average Bonchev–Trinajstić information content (AvgIpc) is 2.74. The number of fused-ring (bicyclic) bond motifs is 1. The molecule has 0 aliphatic carbocycles. The minimum atomic E-state index is 0.0864. The maximum absolute atomic E-state index is 4.58. The highest BCUT2D eigenvalue weighted by atomic mass is 127. The van der Waals surface area contributed by atoms with Crippen molar-refractivity contribution in [1.29, 1.82) is 0 Å². The van der Waals surface area contributed by atoms with Crippen LogP contribution in [0.1, 0.15) is 5.82 Å². The van der Waals surface area contributed by atoms with E-state index in [9.17, 15) is 0 Å². The van der Waals surface area contributed by atoms with Gasteiger partial charge >= 0.3 is 0 Å². The molecule has 2 nitrogen and oxygen atoms in total. The van der Waals surface area contributed by atoms with E-state index < -0.39 is 0 Å². The lowest BCUT2D eigenvalue weighted by Gasteiger charge is -1.97. The maximum atomic E-state index is 4.58. The summed E-state index contributed by atoms with van der Waals surface area (Å²) in [5.41, 5.74) is 2.23. The van der Waals surface area contributed by atoms with Crippen LogP contribution < -0.4 is 0 Å². The summed E-state index contributed by atoms with van der Waals surface area (Å²) in [5.74, 6) is 1.04. The molecule has 1 aromatic carbocycles. The van der Waals surface area contributed by atoms with Gasteiger partial charge in [0.25, 0.3) is 0 Å². The molecule has 0 radical (unpaired) electrons. The largest absolute Gasteiger partial charge is 0.301 e. The standard InChI is InChI=1S/C12H9IN2/c1-2-4-10(5-3-1)11-8-15-9-13-7-6-12(15)14-11/h1-9H. The molecule has 2 aromatic rings. The molecular weight excluding hydrogens is 299 g/mol. The minimum absolute atomic E-state index is 0.0864. The zero-order chi connectivity index (χ0) is 10.1. The van der Waals surface area contributed by atoms with E-state index >= 15 is 0 Å². The number of nitrogens with zero attached hydrogens (tertiary/aromatic N) is 2. The molecule has 15 heavy (non-hydrogen) atoms. The third-order valence-corrected chi connectivity index (χ3v) is 3.97. The van der Waals surface area contributed by atoms with Gasteiger partial charge in [0.15, 0.2) is 0 Å². The molecule has 0 bridgehead atoms. The topological polar surface area (TPSA) is 17.8 Å². The van der Waals surface area contributed by atoms with Crippen LogP contribution in [-0.2, 0) is 0 Å². The van der Waals surface area contributed by atoms with Gasteiger partial charge in [-0.1, -0.05) is 51.1 Å². The maximum Gasteiger partial charge on any atom is 0.138 e. The fourth-order valence-electron chi connectivity index (χ4n) is 1.54. The van der Waals surface area contributed by atoms with E-state index in [2.05, 4.69) is 42.2 Å². The second-order valence-corrected chi connectivity index (χ2v) is 5.27. The molecule has 1 aliphatic heterocycles. The molecule has 0 atom stereocenters. The van der Waals surface area contributed by atoms with Crippen molar-refractivity contribution >= 4 is 30.9 Å². The lowest BCUT2D eigenvalue weighted by atomic mass is 10.2. The summed E-state index contributed by atoms with van der Waals surface area (Å²) in [6.45, 7) is 0. The van der Waals surface area contributed by atoms with Crippen molar-refractivity contribution < 1.29 is 0 Å². The first kappa shape index (κ1) is 9.03. The molecule has 0 fully saturated rings. The van der Waals surface area contributed by atoms with Gasteiger partial charge in [-0.05, 0) is 10.2 Å². The highest BCUT2D eigenvalue weighted by Gasteiger charge is 2.06. The number of benzene rings is 1. The van der Waals surface area contributed by atoms with Gasteiger partial charge in [-0.3, -0.25) is 0 Å². The summed E-state index contributed by atoms with van der Waals surface area (Å²) in [6, 6.07) is 10.3. The minimum Gasteiger partial charge on any atom is -0.301 e. The predicted molar refractivity (Wildman–Crippen MR) is 72.2 cm³/mol. The molecule has 0 amide bonds. The Bertz CT molecular complexity index is 509. The van der Waals surface area contributed by atoms with Crippen molar-refractivity contribution in [3.63, 3.8) is 0 Å². The van der Waals surface area contributed by atoms with E-state index in [1.54, 1.807) is 0 Å². The van der Waals surface area contributed by atoms with Crippen LogP contribution in [0.25, 0.3) is 17.3 Å². The zero-order valence-corrected chi connectivity index (χ0v) is 10.1. The smallest absolute Gasteiger partial charge is 0.138 e.